The highest BCUT2D eigenvalue weighted by Crippen LogP contribution is 2.08. The molecule has 0 aliphatic heterocycles. The van der Waals surface area contributed by atoms with Crippen molar-refractivity contribution in [3.05, 3.63) is 30.1 Å². The number of rotatable bonds is 2. The van der Waals surface area contributed by atoms with Crippen molar-refractivity contribution in [2.45, 2.75) is 0 Å². The van der Waals surface area contributed by atoms with Crippen LogP contribution in [0.1, 0.15) is 0 Å². The third-order valence-corrected chi connectivity index (χ3v) is 1.27. The summed E-state index contributed by atoms with van der Waals surface area (Å²) in [6.07, 6.45) is 0.685. The van der Waals surface area contributed by atoms with Gasteiger partial charge in [-0.05, 0) is 18.2 Å². The molecule has 0 spiro atoms. The van der Waals surface area contributed by atoms with Crippen LogP contribution in [-0.2, 0) is 4.79 Å². The van der Waals surface area contributed by atoms with Crippen LogP contribution in [-0.4, -0.2) is 17.3 Å². The number of carbonyl (C=O) groups excluding carboxylic acids is 1. The van der Waals surface area contributed by atoms with E-state index in [0.717, 1.165) is 6.07 Å². The van der Waals surface area contributed by atoms with Gasteiger partial charge in [0.2, 0.25) is 0 Å². The van der Waals surface area contributed by atoms with Crippen LogP contribution in [0, 0.1) is 5.82 Å². The van der Waals surface area contributed by atoms with Crippen LogP contribution >= 0.6 is 0 Å². The lowest BCUT2D eigenvalue weighted by Crippen LogP contribution is -2.12. The second kappa shape index (κ2) is 4.20. The van der Waals surface area contributed by atoms with Gasteiger partial charge in [-0.1, -0.05) is 11.2 Å². The van der Waals surface area contributed by atoms with Crippen LogP contribution in [0.15, 0.2) is 29.4 Å². The number of oxime groups is 1. The van der Waals surface area contributed by atoms with Gasteiger partial charge < -0.3 is 10.5 Å². The number of amides is 1. The van der Waals surface area contributed by atoms with Gasteiger partial charge in [-0.3, -0.25) is 4.79 Å². The Kier molecular flexibility index (Phi) is 2.97. The summed E-state index contributed by atoms with van der Waals surface area (Å²) < 4.78 is 12.6. The van der Waals surface area contributed by atoms with Crippen LogP contribution < -0.4 is 5.32 Å². The second-order valence-corrected chi connectivity index (χ2v) is 2.24. The lowest BCUT2D eigenvalue weighted by atomic mass is 10.3. The Morgan fingerprint density at radius 1 is 1.62 bits per heavy atom. The highest BCUT2D eigenvalue weighted by molar-refractivity contribution is 6.31. The number of hydrogen-bond acceptors (Lipinski definition) is 3. The predicted octanol–water partition coefficient (Wildman–Crippen LogP) is 1.22. The summed E-state index contributed by atoms with van der Waals surface area (Å²) in [6.45, 7) is 0. The first kappa shape index (κ1) is 9.18. The van der Waals surface area contributed by atoms with Gasteiger partial charge >= 0.3 is 0 Å². The smallest absolute Gasteiger partial charge is 0.270 e. The van der Waals surface area contributed by atoms with E-state index in [2.05, 4.69) is 10.5 Å². The number of halogens is 1. The molecule has 0 aromatic heterocycles. The van der Waals surface area contributed by atoms with Gasteiger partial charge in [0.15, 0.2) is 0 Å². The molecule has 0 heterocycles. The maximum atomic E-state index is 12.6. The van der Waals surface area contributed by atoms with Gasteiger partial charge in [0.25, 0.3) is 5.91 Å². The number of nitrogens with one attached hydrogen (secondary N) is 1. The minimum Gasteiger partial charge on any atom is -0.411 e. The van der Waals surface area contributed by atoms with Crippen molar-refractivity contribution in [2.75, 3.05) is 5.32 Å². The van der Waals surface area contributed by atoms with Crippen LogP contribution in [0.2, 0.25) is 0 Å². The number of hydrogen-bond donors (Lipinski definition) is 2. The Morgan fingerprint density at radius 3 is 3.00 bits per heavy atom. The number of nitrogens with zero attached hydrogens (tertiary/aromatic N) is 1. The summed E-state index contributed by atoms with van der Waals surface area (Å²) in [7, 11) is 0. The monoisotopic (exact) mass is 182 g/mol. The first-order valence-electron chi connectivity index (χ1n) is 3.46. The molecular weight excluding hydrogens is 175 g/mol. The Morgan fingerprint density at radius 2 is 2.38 bits per heavy atom. The van der Waals surface area contributed by atoms with Crippen LogP contribution in [0.4, 0.5) is 10.1 Å². The normalized spacial score (nSPS) is 10.2. The minimum atomic E-state index is -0.617. The number of anilines is 1. The summed E-state index contributed by atoms with van der Waals surface area (Å²) in [5, 5.41) is 12.8. The molecule has 0 atom stereocenters. The van der Waals surface area contributed by atoms with Crippen molar-refractivity contribution in [3.8, 4) is 0 Å². The summed E-state index contributed by atoms with van der Waals surface area (Å²) in [4.78, 5) is 10.8. The third-order valence-electron chi connectivity index (χ3n) is 1.27. The molecule has 1 aromatic carbocycles. The standard InChI is InChI=1S/C8H7FN2O2/c9-6-2-1-3-7(4-6)11-8(12)5-10-13/h1-5,13H,(H,11,12). The number of benzene rings is 1. The van der Waals surface area contributed by atoms with E-state index in [9.17, 15) is 9.18 Å². The molecule has 1 rings (SSSR count). The SMILES string of the molecule is O=C(C=NO)Nc1cccc(F)c1. The second-order valence-electron chi connectivity index (χ2n) is 2.24. The predicted molar refractivity (Wildman–Crippen MR) is 45.3 cm³/mol. The average molecular weight is 182 g/mol. The van der Waals surface area contributed by atoms with Gasteiger partial charge in [-0.15, -0.1) is 0 Å². The van der Waals surface area contributed by atoms with E-state index < -0.39 is 11.7 Å². The molecule has 0 saturated heterocycles. The Labute approximate surface area is 73.7 Å². The molecule has 0 unspecified atom stereocenters. The number of carbonyl (C=O) groups is 1. The molecule has 0 saturated carbocycles. The first-order valence-corrected chi connectivity index (χ1v) is 3.46. The van der Waals surface area contributed by atoms with E-state index in [1.165, 1.54) is 18.2 Å². The van der Waals surface area contributed by atoms with E-state index in [-0.39, 0.29) is 0 Å². The highest BCUT2D eigenvalue weighted by atomic mass is 19.1. The molecule has 5 heteroatoms. The fourth-order valence-electron chi connectivity index (χ4n) is 0.793. The summed E-state index contributed by atoms with van der Waals surface area (Å²) in [6, 6.07) is 5.39. The molecule has 4 nitrogen and oxygen atoms in total. The first-order chi connectivity index (χ1) is 6.22. The molecular formula is C8H7FN2O2. The summed E-state index contributed by atoms with van der Waals surface area (Å²) in [5.74, 6) is -1.06. The topological polar surface area (TPSA) is 61.7 Å². The lowest BCUT2D eigenvalue weighted by molar-refractivity contribution is -0.110. The van der Waals surface area contributed by atoms with Crippen molar-refractivity contribution >= 4 is 17.8 Å². The van der Waals surface area contributed by atoms with Crippen molar-refractivity contribution in [2.24, 2.45) is 5.16 Å². The van der Waals surface area contributed by atoms with E-state index in [0.29, 0.717) is 11.9 Å². The molecule has 13 heavy (non-hydrogen) atoms. The molecule has 0 aliphatic rings. The van der Waals surface area contributed by atoms with Crippen molar-refractivity contribution < 1.29 is 14.4 Å². The Hall–Kier alpha value is -1.91. The molecule has 1 aromatic rings. The maximum absolute atomic E-state index is 12.6. The van der Waals surface area contributed by atoms with E-state index in [1.54, 1.807) is 0 Å². The maximum Gasteiger partial charge on any atom is 0.270 e. The minimum absolute atomic E-state index is 0.310. The van der Waals surface area contributed by atoms with Crippen molar-refractivity contribution in [3.63, 3.8) is 0 Å². The molecule has 1 amide bonds. The molecule has 0 fully saturated rings. The molecule has 0 aliphatic carbocycles. The van der Waals surface area contributed by atoms with Gasteiger partial charge in [0.05, 0.1) is 0 Å². The Bertz CT molecular complexity index is 339. The van der Waals surface area contributed by atoms with Gasteiger partial charge in [0, 0.05) is 5.69 Å². The zero-order valence-corrected chi connectivity index (χ0v) is 6.57. The van der Waals surface area contributed by atoms with Crippen molar-refractivity contribution in [1.82, 2.24) is 0 Å². The fourth-order valence-corrected chi connectivity index (χ4v) is 0.793. The quantitative estimate of drug-likeness (QED) is 0.410. The van der Waals surface area contributed by atoms with Gasteiger partial charge in [0.1, 0.15) is 12.0 Å². The largest absolute Gasteiger partial charge is 0.411 e. The zero-order chi connectivity index (χ0) is 9.68. The molecule has 0 radical (unpaired) electrons. The van der Waals surface area contributed by atoms with Crippen LogP contribution in [0.3, 0.4) is 0 Å². The van der Waals surface area contributed by atoms with Crippen LogP contribution in [0.5, 0.6) is 0 Å². The Balaban J connectivity index is 2.69. The highest BCUT2D eigenvalue weighted by Gasteiger charge is 1.98. The summed E-state index contributed by atoms with van der Waals surface area (Å²) >= 11 is 0. The third kappa shape index (κ3) is 2.90. The van der Waals surface area contributed by atoms with Gasteiger partial charge in [-0.25, -0.2) is 4.39 Å². The molecule has 68 valence electrons. The van der Waals surface area contributed by atoms with Crippen molar-refractivity contribution in [1.29, 1.82) is 0 Å². The average Bonchev–Trinajstić information content (AvgIpc) is 2.04. The molecule has 2 N–H and O–H groups in total. The van der Waals surface area contributed by atoms with E-state index >= 15 is 0 Å². The van der Waals surface area contributed by atoms with Gasteiger partial charge in [-0.2, -0.15) is 0 Å². The van der Waals surface area contributed by atoms with E-state index in [4.69, 9.17) is 5.21 Å². The fraction of sp³-hybridized carbons (Fsp3) is 0. The van der Waals surface area contributed by atoms with E-state index in [1.807, 2.05) is 0 Å². The molecule has 0 bridgehead atoms. The van der Waals surface area contributed by atoms with Crippen LogP contribution in [0.25, 0.3) is 0 Å². The zero-order valence-electron chi connectivity index (χ0n) is 6.57. The summed E-state index contributed by atoms with van der Waals surface area (Å²) in [5.41, 5.74) is 0.310. The lowest BCUT2D eigenvalue weighted by Gasteiger charge is -1.99.